The lowest BCUT2D eigenvalue weighted by Crippen LogP contribution is -2.39. The van der Waals surface area contributed by atoms with Crippen LogP contribution in [0.2, 0.25) is 0 Å². The Hall–Kier alpha value is -1.79. The minimum atomic E-state index is -0.252. The number of para-hydroxylation sites is 1. The van der Waals surface area contributed by atoms with E-state index in [9.17, 15) is 5.11 Å². The number of hydrogen-bond donors (Lipinski definition) is 1. The van der Waals surface area contributed by atoms with E-state index >= 15 is 0 Å². The lowest BCUT2D eigenvalue weighted by Gasteiger charge is -2.33. The van der Waals surface area contributed by atoms with Gasteiger partial charge in [-0.1, -0.05) is 18.2 Å². The molecule has 2 aromatic rings. The van der Waals surface area contributed by atoms with Crippen molar-refractivity contribution in [2.75, 3.05) is 13.1 Å². The average Bonchev–Trinajstić information content (AvgIpc) is 2.96. The summed E-state index contributed by atoms with van der Waals surface area (Å²) < 4.78 is 1.78. The summed E-state index contributed by atoms with van der Waals surface area (Å²) in [5, 5.41) is 21.8. The summed E-state index contributed by atoms with van der Waals surface area (Å²) in [6.07, 6.45) is 1.96. The van der Waals surface area contributed by atoms with Crippen molar-refractivity contribution in [3.8, 4) is 5.69 Å². The molecular formula is C15H21N5O. The van der Waals surface area contributed by atoms with E-state index in [4.69, 9.17) is 0 Å². The number of tetrazole rings is 1. The summed E-state index contributed by atoms with van der Waals surface area (Å²) in [6.45, 7) is 4.53. The molecule has 112 valence electrons. The molecule has 2 unspecified atom stereocenters. The molecule has 6 heteroatoms. The molecule has 1 aromatic heterocycles. The summed E-state index contributed by atoms with van der Waals surface area (Å²) in [7, 11) is 0. The minimum Gasteiger partial charge on any atom is -0.393 e. The Balaban J connectivity index is 1.73. The molecular weight excluding hydrogens is 266 g/mol. The van der Waals surface area contributed by atoms with Gasteiger partial charge in [-0.2, -0.15) is 4.68 Å². The van der Waals surface area contributed by atoms with Crippen molar-refractivity contribution in [1.29, 1.82) is 0 Å². The predicted molar refractivity (Wildman–Crippen MR) is 78.8 cm³/mol. The van der Waals surface area contributed by atoms with Gasteiger partial charge in [-0.15, -0.1) is 5.10 Å². The molecule has 0 radical (unpaired) electrons. The van der Waals surface area contributed by atoms with Crippen LogP contribution in [0, 0.1) is 5.92 Å². The number of aromatic nitrogens is 4. The first-order chi connectivity index (χ1) is 10.2. The summed E-state index contributed by atoms with van der Waals surface area (Å²) in [6, 6.07) is 9.92. The van der Waals surface area contributed by atoms with Gasteiger partial charge in [0.2, 0.25) is 0 Å². The van der Waals surface area contributed by atoms with Crippen LogP contribution in [0.25, 0.3) is 5.69 Å². The second-order valence-corrected chi connectivity index (χ2v) is 5.72. The fourth-order valence-electron chi connectivity index (χ4n) is 2.90. The number of nitrogens with zero attached hydrogens (tertiary/aromatic N) is 5. The lowest BCUT2D eigenvalue weighted by molar-refractivity contribution is 0.0586. The van der Waals surface area contributed by atoms with Crippen molar-refractivity contribution in [3.63, 3.8) is 0 Å². The molecule has 0 spiro atoms. The molecule has 1 saturated heterocycles. The molecule has 3 rings (SSSR count). The molecule has 1 fully saturated rings. The molecule has 1 aromatic carbocycles. The number of likely N-dealkylation sites (tertiary alicyclic amines) is 1. The van der Waals surface area contributed by atoms with Crippen LogP contribution in [-0.2, 0) is 6.54 Å². The Morgan fingerprint density at radius 3 is 2.90 bits per heavy atom. The van der Waals surface area contributed by atoms with E-state index in [1.807, 2.05) is 37.3 Å². The van der Waals surface area contributed by atoms with Gasteiger partial charge in [-0.05, 0) is 54.8 Å². The van der Waals surface area contributed by atoms with Crippen LogP contribution in [0.4, 0.5) is 0 Å². The highest BCUT2D eigenvalue weighted by atomic mass is 16.3. The highest BCUT2D eigenvalue weighted by Gasteiger charge is 2.24. The van der Waals surface area contributed by atoms with Crippen LogP contribution in [0.5, 0.6) is 0 Å². The highest BCUT2D eigenvalue weighted by Crippen LogP contribution is 2.21. The molecule has 21 heavy (non-hydrogen) atoms. The van der Waals surface area contributed by atoms with Gasteiger partial charge in [-0.3, -0.25) is 4.90 Å². The van der Waals surface area contributed by atoms with Gasteiger partial charge in [0.1, 0.15) is 0 Å². The van der Waals surface area contributed by atoms with Crippen molar-refractivity contribution in [2.45, 2.75) is 32.4 Å². The molecule has 6 nitrogen and oxygen atoms in total. The third-order valence-corrected chi connectivity index (χ3v) is 4.12. The van der Waals surface area contributed by atoms with Crippen molar-refractivity contribution in [2.24, 2.45) is 5.92 Å². The van der Waals surface area contributed by atoms with E-state index in [2.05, 4.69) is 20.4 Å². The van der Waals surface area contributed by atoms with Gasteiger partial charge in [0.05, 0.1) is 18.3 Å². The fourth-order valence-corrected chi connectivity index (χ4v) is 2.90. The summed E-state index contributed by atoms with van der Waals surface area (Å²) in [4.78, 5) is 2.33. The molecule has 2 heterocycles. The quantitative estimate of drug-likeness (QED) is 0.917. The van der Waals surface area contributed by atoms with Gasteiger partial charge < -0.3 is 5.11 Å². The van der Waals surface area contributed by atoms with Crippen LogP contribution in [0.3, 0.4) is 0 Å². The first-order valence-electron chi connectivity index (χ1n) is 7.47. The number of rotatable bonds is 4. The zero-order valence-corrected chi connectivity index (χ0v) is 12.3. The number of aliphatic hydroxyl groups excluding tert-OH is 1. The molecule has 2 atom stereocenters. The normalized spacial score (nSPS) is 21.3. The average molecular weight is 287 g/mol. The minimum absolute atomic E-state index is 0.252. The molecule has 0 saturated carbocycles. The third-order valence-electron chi connectivity index (χ3n) is 4.12. The predicted octanol–water partition coefficient (Wildman–Crippen LogP) is 1.26. The molecule has 1 aliphatic rings. The second kappa shape index (κ2) is 6.32. The molecule has 1 aliphatic heterocycles. The fraction of sp³-hybridized carbons (Fsp3) is 0.533. The van der Waals surface area contributed by atoms with Crippen LogP contribution in [0.15, 0.2) is 30.3 Å². The Morgan fingerprint density at radius 1 is 1.33 bits per heavy atom. The van der Waals surface area contributed by atoms with Crippen LogP contribution in [0.1, 0.15) is 25.6 Å². The molecule has 0 aliphatic carbocycles. The number of hydrogen-bond acceptors (Lipinski definition) is 5. The van der Waals surface area contributed by atoms with E-state index in [-0.39, 0.29) is 6.10 Å². The third kappa shape index (κ3) is 3.28. The molecule has 0 amide bonds. The lowest BCUT2D eigenvalue weighted by atomic mass is 9.93. The number of piperidine rings is 1. The smallest absolute Gasteiger partial charge is 0.170 e. The van der Waals surface area contributed by atoms with Crippen LogP contribution in [-0.4, -0.2) is 49.4 Å². The van der Waals surface area contributed by atoms with Gasteiger partial charge in [-0.25, -0.2) is 0 Å². The monoisotopic (exact) mass is 287 g/mol. The van der Waals surface area contributed by atoms with E-state index in [0.29, 0.717) is 12.5 Å². The summed E-state index contributed by atoms with van der Waals surface area (Å²) in [5.74, 6) is 1.19. The van der Waals surface area contributed by atoms with Crippen molar-refractivity contribution in [1.82, 2.24) is 25.1 Å². The van der Waals surface area contributed by atoms with Crippen molar-refractivity contribution >= 4 is 0 Å². The maximum Gasteiger partial charge on any atom is 0.170 e. The number of benzene rings is 1. The maximum absolute atomic E-state index is 9.78. The van der Waals surface area contributed by atoms with Crippen LogP contribution >= 0.6 is 0 Å². The first-order valence-corrected chi connectivity index (χ1v) is 7.47. The zero-order valence-electron chi connectivity index (χ0n) is 12.3. The molecule has 0 bridgehead atoms. The van der Waals surface area contributed by atoms with Gasteiger partial charge >= 0.3 is 0 Å². The summed E-state index contributed by atoms with van der Waals surface area (Å²) >= 11 is 0. The SMILES string of the molecule is CC(O)C1CCCN(Cc2nnnn2-c2ccccc2)C1. The zero-order chi connectivity index (χ0) is 14.7. The number of aliphatic hydroxyl groups is 1. The van der Waals surface area contributed by atoms with Crippen LogP contribution < -0.4 is 0 Å². The van der Waals surface area contributed by atoms with E-state index in [0.717, 1.165) is 37.4 Å². The van der Waals surface area contributed by atoms with Gasteiger partial charge in [0.15, 0.2) is 5.82 Å². The standard InChI is InChI=1S/C15H21N5O/c1-12(21)13-6-5-9-19(10-13)11-15-16-17-18-20(15)14-7-3-2-4-8-14/h2-4,7-8,12-13,21H,5-6,9-11H2,1H3. The van der Waals surface area contributed by atoms with E-state index in [1.54, 1.807) is 4.68 Å². The highest BCUT2D eigenvalue weighted by molar-refractivity contribution is 5.30. The second-order valence-electron chi connectivity index (χ2n) is 5.72. The van der Waals surface area contributed by atoms with E-state index in [1.165, 1.54) is 0 Å². The van der Waals surface area contributed by atoms with Gasteiger partial charge in [0, 0.05) is 6.54 Å². The van der Waals surface area contributed by atoms with E-state index < -0.39 is 0 Å². The maximum atomic E-state index is 9.78. The molecule has 1 N–H and O–H groups in total. The largest absolute Gasteiger partial charge is 0.393 e. The Kier molecular flexibility index (Phi) is 4.26. The Morgan fingerprint density at radius 2 is 2.14 bits per heavy atom. The van der Waals surface area contributed by atoms with Crippen molar-refractivity contribution < 1.29 is 5.11 Å². The first kappa shape index (κ1) is 14.2. The Labute approximate surface area is 124 Å². The van der Waals surface area contributed by atoms with Gasteiger partial charge in [0.25, 0.3) is 0 Å². The topological polar surface area (TPSA) is 67.1 Å². The summed E-state index contributed by atoms with van der Waals surface area (Å²) in [5.41, 5.74) is 0.974. The Bertz CT molecular complexity index is 568. The van der Waals surface area contributed by atoms with Crippen molar-refractivity contribution in [3.05, 3.63) is 36.2 Å².